The van der Waals surface area contributed by atoms with Gasteiger partial charge >= 0.3 is 0 Å². The van der Waals surface area contributed by atoms with E-state index in [4.69, 9.17) is 0 Å². The molecule has 0 atom stereocenters. The lowest BCUT2D eigenvalue weighted by molar-refractivity contribution is 0.473. The molecule has 0 unspecified atom stereocenters. The molecule has 2 nitrogen and oxygen atoms in total. The molecule has 0 radical (unpaired) electrons. The smallest absolute Gasteiger partial charge is 0.220 e. The van der Waals surface area contributed by atoms with E-state index in [1.165, 1.54) is 6.07 Å². The van der Waals surface area contributed by atoms with Gasteiger partial charge in [-0.3, -0.25) is 4.79 Å². The SMILES string of the molecule is O=c1ccccc(-c2ccc(Br)cc2)c1O. The van der Waals surface area contributed by atoms with Crippen molar-refractivity contribution in [3.8, 4) is 16.9 Å². The zero-order chi connectivity index (χ0) is 11.5. The second kappa shape index (κ2) is 4.49. The molecule has 1 N–H and O–H groups in total. The fourth-order valence-corrected chi connectivity index (χ4v) is 1.71. The highest BCUT2D eigenvalue weighted by Gasteiger charge is 2.04. The van der Waals surface area contributed by atoms with Crippen LogP contribution in [-0.4, -0.2) is 5.11 Å². The Morgan fingerprint density at radius 2 is 1.56 bits per heavy atom. The largest absolute Gasteiger partial charge is 0.504 e. The average Bonchev–Trinajstić information content (AvgIpc) is 2.44. The van der Waals surface area contributed by atoms with Gasteiger partial charge in [-0.2, -0.15) is 0 Å². The number of aromatic hydroxyl groups is 1. The second-order valence-corrected chi connectivity index (χ2v) is 4.27. The fraction of sp³-hybridized carbons (Fsp3) is 0. The van der Waals surface area contributed by atoms with Gasteiger partial charge in [0.2, 0.25) is 5.43 Å². The molecule has 0 fully saturated rings. The topological polar surface area (TPSA) is 37.3 Å². The van der Waals surface area contributed by atoms with Crippen LogP contribution in [0.25, 0.3) is 11.1 Å². The van der Waals surface area contributed by atoms with Gasteiger partial charge in [-0.1, -0.05) is 46.3 Å². The van der Waals surface area contributed by atoms with E-state index in [-0.39, 0.29) is 11.2 Å². The van der Waals surface area contributed by atoms with Crippen LogP contribution in [0.3, 0.4) is 0 Å². The summed E-state index contributed by atoms with van der Waals surface area (Å²) in [5.74, 6) is -0.215. The number of halogens is 1. The van der Waals surface area contributed by atoms with E-state index in [0.717, 1.165) is 10.0 Å². The van der Waals surface area contributed by atoms with E-state index in [0.29, 0.717) is 5.56 Å². The number of hydrogen-bond acceptors (Lipinski definition) is 2. The van der Waals surface area contributed by atoms with Crippen molar-refractivity contribution in [2.24, 2.45) is 0 Å². The predicted molar refractivity (Wildman–Crippen MR) is 67.5 cm³/mol. The Kier molecular flexibility index (Phi) is 3.06. The molecule has 0 saturated carbocycles. The van der Waals surface area contributed by atoms with Crippen LogP contribution >= 0.6 is 15.9 Å². The third-order valence-electron chi connectivity index (χ3n) is 2.27. The molecule has 0 spiro atoms. The van der Waals surface area contributed by atoms with E-state index >= 15 is 0 Å². The lowest BCUT2D eigenvalue weighted by atomic mass is 10.1. The van der Waals surface area contributed by atoms with Gasteiger partial charge in [0.05, 0.1) is 0 Å². The molecule has 0 saturated heterocycles. The molecule has 0 amide bonds. The number of hydrogen-bond donors (Lipinski definition) is 1. The minimum Gasteiger partial charge on any atom is -0.504 e. The zero-order valence-electron chi connectivity index (χ0n) is 8.35. The molecule has 2 aromatic carbocycles. The summed E-state index contributed by atoms with van der Waals surface area (Å²) in [6, 6.07) is 13.8. The van der Waals surface area contributed by atoms with Crippen LogP contribution in [0.4, 0.5) is 0 Å². The minimum atomic E-state index is -0.372. The van der Waals surface area contributed by atoms with E-state index in [9.17, 15) is 9.90 Å². The number of benzene rings is 1. The van der Waals surface area contributed by atoms with Gasteiger partial charge in [0.25, 0.3) is 0 Å². The van der Waals surface area contributed by atoms with Crippen molar-refractivity contribution < 1.29 is 5.11 Å². The molecule has 16 heavy (non-hydrogen) atoms. The highest BCUT2D eigenvalue weighted by atomic mass is 79.9. The van der Waals surface area contributed by atoms with Gasteiger partial charge in [0.15, 0.2) is 5.75 Å². The maximum atomic E-state index is 11.4. The zero-order valence-corrected chi connectivity index (χ0v) is 9.94. The standard InChI is InChI=1S/C13H9BrO2/c14-10-7-5-9(6-8-10)11-3-1-2-4-12(15)13(11)16/h1-8H,(H,15,16). The molecule has 0 heterocycles. The molecule has 2 rings (SSSR count). The van der Waals surface area contributed by atoms with Crippen molar-refractivity contribution in [3.05, 3.63) is 63.2 Å². The summed E-state index contributed by atoms with van der Waals surface area (Å²) in [6.07, 6.45) is 0. The summed E-state index contributed by atoms with van der Waals surface area (Å²) in [6.45, 7) is 0. The first-order chi connectivity index (χ1) is 7.68. The first-order valence-electron chi connectivity index (χ1n) is 4.77. The van der Waals surface area contributed by atoms with Crippen LogP contribution in [0.15, 0.2) is 57.8 Å². The quantitative estimate of drug-likeness (QED) is 0.869. The van der Waals surface area contributed by atoms with E-state index in [1.54, 1.807) is 18.2 Å². The summed E-state index contributed by atoms with van der Waals surface area (Å²) in [7, 11) is 0. The van der Waals surface area contributed by atoms with E-state index < -0.39 is 0 Å². The summed E-state index contributed by atoms with van der Waals surface area (Å²) in [4.78, 5) is 11.4. The van der Waals surface area contributed by atoms with Gasteiger partial charge in [0, 0.05) is 10.0 Å². The van der Waals surface area contributed by atoms with Crippen molar-refractivity contribution in [1.29, 1.82) is 0 Å². The molecular formula is C13H9BrO2. The molecular weight excluding hydrogens is 268 g/mol. The Morgan fingerprint density at radius 3 is 2.25 bits per heavy atom. The van der Waals surface area contributed by atoms with Gasteiger partial charge in [-0.15, -0.1) is 0 Å². The number of rotatable bonds is 1. The van der Waals surface area contributed by atoms with E-state index in [1.807, 2.05) is 24.3 Å². The summed E-state index contributed by atoms with van der Waals surface area (Å²) in [5, 5.41) is 9.76. The normalized spacial score (nSPS) is 10.1. The van der Waals surface area contributed by atoms with Crippen LogP contribution in [0.1, 0.15) is 0 Å². The van der Waals surface area contributed by atoms with Crippen molar-refractivity contribution in [1.82, 2.24) is 0 Å². The van der Waals surface area contributed by atoms with Gasteiger partial charge in [-0.05, 0) is 23.8 Å². The minimum absolute atomic E-state index is 0.215. The van der Waals surface area contributed by atoms with E-state index in [2.05, 4.69) is 15.9 Å². The monoisotopic (exact) mass is 276 g/mol. The lowest BCUT2D eigenvalue weighted by Gasteiger charge is -2.00. The maximum Gasteiger partial charge on any atom is 0.220 e. The predicted octanol–water partition coefficient (Wildman–Crippen LogP) is 3.18. The van der Waals surface area contributed by atoms with Gasteiger partial charge < -0.3 is 5.11 Å². The first kappa shape index (κ1) is 10.9. The highest BCUT2D eigenvalue weighted by Crippen LogP contribution is 2.26. The molecule has 0 aliphatic carbocycles. The Bertz CT molecular complexity index is 562. The summed E-state index contributed by atoms with van der Waals surface area (Å²) >= 11 is 3.34. The Hall–Kier alpha value is -1.61. The van der Waals surface area contributed by atoms with Crippen LogP contribution in [0.5, 0.6) is 5.75 Å². The highest BCUT2D eigenvalue weighted by molar-refractivity contribution is 9.10. The van der Waals surface area contributed by atoms with Crippen molar-refractivity contribution in [2.75, 3.05) is 0 Å². The van der Waals surface area contributed by atoms with Crippen LogP contribution in [0.2, 0.25) is 0 Å². The first-order valence-corrected chi connectivity index (χ1v) is 5.56. The molecule has 0 aromatic heterocycles. The molecule has 2 aromatic rings. The molecule has 80 valence electrons. The molecule has 3 heteroatoms. The Balaban J connectivity index is 2.66. The molecule has 0 aliphatic heterocycles. The van der Waals surface area contributed by atoms with Crippen molar-refractivity contribution in [3.63, 3.8) is 0 Å². The molecule has 0 bridgehead atoms. The van der Waals surface area contributed by atoms with Crippen LogP contribution in [-0.2, 0) is 0 Å². The average molecular weight is 277 g/mol. The van der Waals surface area contributed by atoms with Crippen molar-refractivity contribution in [2.45, 2.75) is 0 Å². The van der Waals surface area contributed by atoms with Crippen LogP contribution < -0.4 is 5.43 Å². The lowest BCUT2D eigenvalue weighted by Crippen LogP contribution is -1.94. The fourth-order valence-electron chi connectivity index (χ4n) is 1.45. The van der Waals surface area contributed by atoms with Gasteiger partial charge in [0.1, 0.15) is 0 Å². The van der Waals surface area contributed by atoms with Gasteiger partial charge in [-0.25, -0.2) is 0 Å². The van der Waals surface area contributed by atoms with Crippen LogP contribution in [0, 0.1) is 0 Å². The third kappa shape index (κ3) is 2.14. The van der Waals surface area contributed by atoms with Crippen molar-refractivity contribution >= 4 is 15.9 Å². The summed E-state index contributed by atoms with van der Waals surface area (Å²) in [5.41, 5.74) is 0.986. The summed E-state index contributed by atoms with van der Waals surface area (Å²) < 4.78 is 0.957. The Morgan fingerprint density at radius 1 is 0.938 bits per heavy atom. The third-order valence-corrected chi connectivity index (χ3v) is 2.79. The second-order valence-electron chi connectivity index (χ2n) is 3.35. The maximum absolute atomic E-state index is 11.4. The Labute approximate surface area is 101 Å². The molecule has 0 aliphatic rings.